The van der Waals surface area contributed by atoms with Crippen molar-refractivity contribution in [1.82, 2.24) is 14.7 Å². The number of carbonyl (C=O) groups excluding carboxylic acids is 1. The summed E-state index contributed by atoms with van der Waals surface area (Å²) in [6, 6.07) is 7.02. The van der Waals surface area contributed by atoms with E-state index in [0.29, 0.717) is 18.5 Å². The van der Waals surface area contributed by atoms with Gasteiger partial charge >= 0.3 is 5.97 Å². The fraction of sp³-hybridized carbons (Fsp3) is 0.353. The molecule has 1 N–H and O–H groups in total. The molecule has 0 radical (unpaired) electrons. The summed E-state index contributed by atoms with van der Waals surface area (Å²) in [4.78, 5) is 25.5. The van der Waals surface area contributed by atoms with Gasteiger partial charge in [0, 0.05) is 12.7 Å². The Morgan fingerprint density at radius 2 is 2.04 bits per heavy atom. The highest BCUT2D eigenvalue weighted by Crippen LogP contribution is 2.21. The first-order chi connectivity index (χ1) is 11.1. The molecule has 1 aromatic carbocycles. The maximum Gasteiger partial charge on any atom is 0.326 e. The molecule has 2 aromatic rings. The van der Waals surface area contributed by atoms with Crippen molar-refractivity contribution in [3.05, 3.63) is 47.8 Å². The van der Waals surface area contributed by atoms with Gasteiger partial charge in [0.25, 0.3) is 5.91 Å². The quantitative estimate of drug-likeness (QED) is 0.943. The van der Waals surface area contributed by atoms with Crippen molar-refractivity contribution in [1.29, 1.82) is 0 Å². The molecular formula is C17H19N3O3. The van der Waals surface area contributed by atoms with Crippen molar-refractivity contribution in [2.45, 2.75) is 32.2 Å². The highest BCUT2D eigenvalue weighted by Gasteiger charge is 2.32. The Kier molecular flexibility index (Phi) is 4.14. The van der Waals surface area contributed by atoms with E-state index in [-0.39, 0.29) is 5.91 Å². The summed E-state index contributed by atoms with van der Waals surface area (Å²) in [5.74, 6) is -1.21. The van der Waals surface area contributed by atoms with Crippen LogP contribution in [-0.4, -0.2) is 44.3 Å². The van der Waals surface area contributed by atoms with Gasteiger partial charge in [-0.2, -0.15) is 5.10 Å². The van der Waals surface area contributed by atoms with Gasteiger partial charge in [0.05, 0.1) is 17.4 Å². The largest absolute Gasteiger partial charge is 0.480 e. The number of rotatable bonds is 3. The summed E-state index contributed by atoms with van der Waals surface area (Å²) >= 11 is 0. The average Bonchev–Trinajstić information content (AvgIpc) is 3.04. The topological polar surface area (TPSA) is 75.4 Å². The Morgan fingerprint density at radius 3 is 2.78 bits per heavy atom. The Labute approximate surface area is 134 Å². The van der Waals surface area contributed by atoms with Crippen LogP contribution in [-0.2, 0) is 4.79 Å². The van der Waals surface area contributed by atoms with Crippen LogP contribution in [0.3, 0.4) is 0 Å². The van der Waals surface area contributed by atoms with Crippen LogP contribution in [0.15, 0.2) is 36.7 Å². The van der Waals surface area contributed by atoms with Gasteiger partial charge in [0.15, 0.2) is 0 Å². The van der Waals surface area contributed by atoms with Gasteiger partial charge in [-0.15, -0.1) is 0 Å². The number of para-hydroxylation sites is 1. The molecule has 6 nitrogen and oxygen atoms in total. The number of aryl methyl sites for hydroxylation is 1. The van der Waals surface area contributed by atoms with Crippen LogP contribution in [0.1, 0.15) is 35.2 Å². The van der Waals surface area contributed by atoms with E-state index in [0.717, 1.165) is 24.1 Å². The lowest BCUT2D eigenvalue weighted by Crippen LogP contribution is -2.47. The van der Waals surface area contributed by atoms with Gasteiger partial charge in [-0.25, -0.2) is 9.48 Å². The number of piperidine rings is 1. The zero-order valence-electron chi connectivity index (χ0n) is 13.0. The van der Waals surface area contributed by atoms with E-state index in [1.54, 1.807) is 10.9 Å². The van der Waals surface area contributed by atoms with Crippen molar-refractivity contribution < 1.29 is 14.7 Å². The molecule has 1 fully saturated rings. The third-order valence-corrected chi connectivity index (χ3v) is 4.24. The number of hydrogen-bond acceptors (Lipinski definition) is 3. The van der Waals surface area contributed by atoms with Crippen LogP contribution < -0.4 is 0 Å². The zero-order chi connectivity index (χ0) is 16.4. The number of benzene rings is 1. The summed E-state index contributed by atoms with van der Waals surface area (Å²) in [6.45, 7) is 2.45. The second-order valence-corrected chi connectivity index (χ2v) is 5.81. The first-order valence-electron chi connectivity index (χ1n) is 7.72. The molecule has 1 atom stereocenters. The van der Waals surface area contributed by atoms with E-state index in [1.807, 2.05) is 31.2 Å². The molecular weight excluding hydrogens is 294 g/mol. The van der Waals surface area contributed by atoms with E-state index in [4.69, 9.17) is 0 Å². The van der Waals surface area contributed by atoms with Gasteiger partial charge in [0.1, 0.15) is 6.04 Å². The first kappa shape index (κ1) is 15.3. The molecule has 6 heteroatoms. The van der Waals surface area contributed by atoms with E-state index < -0.39 is 12.0 Å². The lowest BCUT2D eigenvalue weighted by Gasteiger charge is -2.32. The highest BCUT2D eigenvalue weighted by atomic mass is 16.4. The predicted octanol–water partition coefficient (Wildman–Crippen LogP) is 2.26. The lowest BCUT2D eigenvalue weighted by molar-refractivity contribution is -0.143. The minimum absolute atomic E-state index is 0.267. The summed E-state index contributed by atoms with van der Waals surface area (Å²) in [5, 5.41) is 13.6. The molecule has 1 aliphatic rings. The van der Waals surface area contributed by atoms with Crippen molar-refractivity contribution in [3.8, 4) is 5.69 Å². The van der Waals surface area contributed by atoms with Crippen LogP contribution in [0, 0.1) is 6.92 Å². The van der Waals surface area contributed by atoms with Gasteiger partial charge in [0.2, 0.25) is 0 Å². The summed E-state index contributed by atoms with van der Waals surface area (Å²) in [5.41, 5.74) is 2.37. The molecule has 1 amide bonds. The van der Waals surface area contributed by atoms with Crippen molar-refractivity contribution >= 4 is 11.9 Å². The summed E-state index contributed by atoms with van der Waals surface area (Å²) < 4.78 is 1.66. The molecule has 1 saturated heterocycles. The van der Waals surface area contributed by atoms with Gasteiger partial charge in [-0.3, -0.25) is 4.79 Å². The van der Waals surface area contributed by atoms with Gasteiger partial charge < -0.3 is 10.0 Å². The molecule has 0 spiro atoms. The molecule has 1 aromatic heterocycles. The fourth-order valence-corrected chi connectivity index (χ4v) is 2.98. The number of carboxylic acid groups (broad SMARTS) is 1. The molecule has 120 valence electrons. The number of aliphatic carboxylic acids is 1. The van der Waals surface area contributed by atoms with Gasteiger partial charge in [-0.1, -0.05) is 18.2 Å². The van der Waals surface area contributed by atoms with Crippen LogP contribution in [0.25, 0.3) is 5.69 Å². The van der Waals surface area contributed by atoms with E-state index in [9.17, 15) is 14.7 Å². The van der Waals surface area contributed by atoms with Crippen LogP contribution in [0.4, 0.5) is 0 Å². The minimum Gasteiger partial charge on any atom is -0.480 e. The third-order valence-electron chi connectivity index (χ3n) is 4.24. The number of carbonyl (C=O) groups is 2. The summed E-state index contributed by atoms with van der Waals surface area (Å²) in [6.07, 6.45) is 5.35. The number of nitrogens with zero attached hydrogens (tertiary/aromatic N) is 3. The maximum atomic E-state index is 12.7. The molecule has 3 rings (SSSR count). The monoisotopic (exact) mass is 313 g/mol. The first-order valence-corrected chi connectivity index (χ1v) is 7.72. The standard InChI is InChI=1S/C17H19N3O3/c1-12-6-2-3-7-14(12)20-11-13(10-18-20)16(21)19-9-5-4-8-15(19)17(22)23/h2-3,6-7,10-11,15H,4-5,8-9H2,1H3,(H,22,23)/t15-/m0/s1. The van der Waals surface area contributed by atoms with Crippen molar-refractivity contribution in [2.75, 3.05) is 6.54 Å². The Hall–Kier alpha value is -2.63. The fourth-order valence-electron chi connectivity index (χ4n) is 2.98. The second-order valence-electron chi connectivity index (χ2n) is 5.81. The Bertz CT molecular complexity index is 738. The minimum atomic E-state index is -0.940. The SMILES string of the molecule is Cc1ccccc1-n1cc(C(=O)N2CCCC[C@H]2C(=O)O)cn1. The normalized spacial score (nSPS) is 18.0. The molecule has 0 aliphatic carbocycles. The second kappa shape index (κ2) is 6.24. The predicted molar refractivity (Wildman–Crippen MR) is 84.6 cm³/mol. The molecule has 0 unspecified atom stereocenters. The average molecular weight is 313 g/mol. The van der Waals surface area contributed by atoms with E-state index in [2.05, 4.69) is 5.10 Å². The number of carboxylic acids is 1. The smallest absolute Gasteiger partial charge is 0.326 e. The summed E-state index contributed by atoms with van der Waals surface area (Å²) in [7, 11) is 0. The van der Waals surface area contributed by atoms with Crippen LogP contribution >= 0.6 is 0 Å². The van der Waals surface area contributed by atoms with Crippen LogP contribution in [0.5, 0.6) is 0 Å². The molecule has 0 bridgehead atoms. The van der Waals surface area contributed by atoms with Crippen molar-refractivity contribution in [2.24, 2.45) is 0 Å². The number of aromatic nitrogens is 2. The van der Waals surface area contributed by atoms with Crippen LogP contribution in [0.2, 0.25) is 0 Å². The Balaban J connectivity index is 1.86. The molecule has 23 heavy (non-hydrogen) atoms. The Morgan fingerprint density at radius 1 is 1.26 bits per heavy atom. The maximum absolute atomic E-state index is 12.7. The molecule has 0 saturated carbocycles. The number of amides is 1. The van der Waals surface area contributed by atoms with E-state index in [1.165, 1.54) is 11.1 Å². The highest BCUT2D eigenvalue weighted by molar-refractivity contribution is 5.96. The third kappa shape index (κ3) is 2.97. The van der Waals surface area contributed by atoms with E-state index >= 15 is 0 Å². The molecule has 2 heterocycles. The van der Waals surface area contributed by atoms with Gasteiger partial charge in [-0.05, 0) is 37.8 Å². The number of likely N-dealkylation sites (tertiary alicyclic amines) is 1. The number of hydrogen-bond donors (Lipinski definition) is 1. The van der Waals surface area contributed by atoms with Crippen molar-refractivity contribution in [3.63, 3.8) is 0 Å². The zero-order valence-corrected chi connectivity index (χ0v) is 13.0. The molecule has 1 aliphatic heterocycles. The lowest BCUT2D eigenvalue weighted by atomic mass is 10.0.